The van der Waals surface area contributed by atoms with E-state index in [9.17, 15) is 26.7 Å². The molecule has 1 aromatic rings. The molecule has 1 heterocycles. The second kappa shape index (κ2) is 6.68. The van der Waals surface area contributed by atoms with Crippen molar-refractivity contribution in [3.8, 4) is 5.88 Å². The molecule has 0 spiro atoms. The quantitative estimate of drug-likeness (QED) is 0.619. The van der Waals surface area contributed by atoms with Gasteiger partial charge in [-0.15, -0.1) is 0 Å². The van der Waals surface area contributed by atoms with Crippen molar-refractivity contribution in [2.75, 3.05) is 13.7 Å². The summed E-state index contributed by atoms with van der Waals surface area (Å²) in [7, 11) is 0.876. The lowest BCUT2D eigenvalue weighted by Gasteiger charge is -2.16. The van der Waals surface area contributed by atoms with Crippen LogP contribution in [0.1, 0.15) is 30.2 Å². The molecule has 118 valence electrons. The van der Waals surface area contributed by atoms with E-state index in [1.54, 1.807) is 0 Å². The molecule has 0 fully saturated rings. The number of hydrogen-bond donors (Lipinski definition) is 0. The van der Waals surface area contributed by atoms with Crippen LogP contribution in [0.3, 0.4) is 0 Å². The van der Waals surface area contributed by atoms with Gasteiger partial charge in [-0.05, 0) is 18.6 Å². The van der Waals surface area contributed by atoms with Crippen LogP contribution in [0.15, 0.2) is 6.07 Å². The highest BCUT2D eigenvalue weighted by molar-refractivity contribution is 5.73. The Balaban J connectivity index is 3.40. The lowest BCUT2D eigenvalue weighted by Crippen LogP contribution is -2.17. The molecule has 21 heavy (non-hydrogen) atoms. The number of nitrogens with zero attached hydrogens (tertiary/aromatic N) is 1. The van der Waals surface area contributed by atoms with Crippen molar-refractivity contribution in [2.45, 2.75) is 25.9 Å². The zero-order valence-electron chi connectivity index (χ0n) is 11.1. The first kappa shape index (κ1) is 17.1. The van der Waals surface area contributed by atoms with Crippen LogP contribution in [0.4, 0.5) is 22.0 Å². The van der Waals surface area contributed by atoms with E-state index in [1.165, 1.54) is 6.92 Å². The molecule has 0 amide bonds. The van der Waals surface area contributed by atoms with Gasteiger partial charge in [-0.25, -0.2) is 13.8 Å². The van der Waals surface area contributed by atoms with E-state index in [0.29, 0.717) is 6.07 Å². The van der Waals surface area contributed by atoms with Gasteiger partial charge in [-0.1, -0.05) is 0 Å². The Hall–Kier alpha value is -1.93. The molecule has 0 aliphatic carbocycles. The number of halogens is 5. The lowest BCUT2D eigenvalue weighted by molar-refractivity contribution is -0.143. The standard InChI is InChI=1S/C12H12F5NO3/c1-3-21-8(19)5-6-4-7(10(13)14)18-11(20-2)9(6)12(15,16)17/h4,10H,3,5H2,1-2H3. The van der Waals surface area contributed by atoms with Gasteiger partial charge in [0.2, 0.25) is 5.88 Å². The summed E-state index contributed by atoms with van der Waals surface area (Å²) in [6, 6.07) is 0.535. The second-order valence-electron chi connectivity index (χ2n) is 3.87. The Kier molecular flexibility index (Phi) is 5.45. The average molecular weight is 313 g/mol. The van der Waals surface area contributed by atoms with E-state index in [1.807, 2.05) is 0 Å². The number of carbonyl (C=O) groups is 1. The molecule has 1 rings (SSSR count). The van der Waals surface area contributed by atoms with Crippen LogP contribution < -0.4 is 4.74 Å². The highest BCUT2D eigenvalue weighted by atomic mass is 19.4. The first-order chi connectivity index (χ1) is 9.70. The Labute approximate surface area is 116 Å². The zero-order valence-corrected chi connectivity index (χ0v) is 11.1. The minimum absolute atomic E-state index is 0.0376. The maximum absolute atomic E-state index is 13.0. The number of pyridine rings is 1. The van der Waals surface area contributed by atoms with Crippen molar-refractivity contribution in [2.24, 2.45) is 0 Å². The van der Waals surface area contributed by atoms with Gasteiger partial charge in [0.15, 0.2) is 0 Å². The van der Waals surface area contributed by atoms with Crippen LogP contribution in [-0.4, -0.2) is 24.7 Å². The van der Waals surface area contributed by atoms with Crippen molar-refractivity contribution in [3.63, 3.8) is 0 Å². The molecule has 0 N–H and O–H groups in total. The number of ether oxygens (including phenoxy) is 2. The van der Waals surface area contributed by atoms with Gasteiger partial charge >= 0.3 is 12.1 Å². The summed E-state index contributed by atoms with van der Waals surface area (Å²) in [6.07, 6.45) is -8.80. The van der Waals surface area contributed by atoms with E-state index >= 15 is 0 Å². The molecule has 9 heteroatoms. The van der Waals surface area contributed by atoms with E-state index in [2.05, 4.69) is 14.5 Å². The highest BCUT2D eigenvalue weighted by Crippen LogP contribution is 2.39. The van der Waals surface area contributed by atoms with Crippen molar-refractivity contribution in [3.05, 3.63) is 22.9 Å². The number of esters is 1. The predicted molar refractivity (Wildman–Crippen MR) is 61.1 cm³/mol. The maximum Gasteiger partial charge on any atom is 0.421 e. The third kappa shape index (κ3) is 4.27. The van der Waals surface area contributed by atoms with Crippen molar-refractivity contribution in [1.29, 1.82) is 0 Å². The number of methoxy groups -OCH3 is 1. The molecule has 0 aliphatic rings. The molecule has 0 saturated heterocycles. The Bertz CT molecular complexity index is 516. The molecular weight excluding hydrogens is 301 g/mol. The van der Waals surface area contributed by atoms with Crippen LogP contribution in [0.5, 0.6) is 5.88 Å². The van der Waals surface area contributed by atoms with E-state index in [0.717, 1.165) is 7.11 Å². The number of rotatable bonds is 5. The summed E-state index contributed by atoms with van der Waals surface area (Å²) >= 11 is 0. The minimum Gasteiger partial charge on any atom is -0.481 e. The summed E-state index contributed by atoms with van der Waals surface area (Å²) < 4.78 is 73.3. The van der Waals surface area contributed by atoms with E-state index in [-0.39, 0.29) is 6.61 Å². The molecule has 0 radical (unpaired) electrons. The molecule has 1 aromatic heterocycles. The number of hydrogen-bond acceptors (Lipinski definition) is 4. The Morgan fingerprint density at radius 3 is 2.43 bits per heavy atom. The summed E-state index contributed by atoms with van der Waals surface area (Å²) in [5, 5.41) is 0. The van der Waals surface area contributed by atoms with Gasteiger partial charge in [0.1, 0.15) is 11.3 Å². The van der Waals surface area contributed by atoms with Crippen LogP contribution in [-0.2, 0) is 22.1 Å². The Morgan fingerprint density at radius 1 is 1.38 bits per heavy atom. The van der Waals surface area contributed by atoms with Gasteiger partial charge in [-0.2, -0.15) is 13.2 Å². The fraction of sp³-hybridized carbons (Fsp3) is 0.500. The van der Waals surface area contributed by atoms with Crippen LogP contribution in [0, 0.1) is 0 Å². The summed E-state index contributed by atoms with van der Waals surface area (Å²) in [5.41, 5.74) is -2.93. The fourth-order valence-electron chi connectivity index (χ4n) is 1.66. The van der Waals surface area contributed by atoms with Gasteiger partial charge < -0.3 is 9.47 Å². The average Bonchev–Trinajstić information content (AvgIpc) is 2.36. The zero-order chi connectivity index (χ0) is 16.2. The van der Waals surface area contributed by atoms with Crippen LogP contribution in [0.2, 0.25) is 0 Å². The first-order valence-electron chi connectivity index (χ1n) is 5.79. The number of aromatic nitrogens is 1. The molecule has 0 aromatic carbocycles. The second-order valence-corrected chi connectivity index (χ2v) is 3.87. The SMILES string of the molecule is CCOC(=O)Cc1cc(C(F)F)nc(OC)c1C(F)(F)F. The third-order valence-corrected chi connectivity index (χ3v) is 2.43. The first-order valence-corrected chi connectivity index (χ1v) is 5.79. The Morgan fingerprint density at radius 2 is 2.00 bits per heavy atom. The molecular formula is C12H12F5NO3. The summed E-state index contributed by atoms with van der Waals surface area (Å²) in [5.74, 6) is -1.96. The van der Waals surface area contributed by atoms with Gasteiger partial charge in [0.25, 0.3) is 6.43 Å². The van der Waals surface area contributed by atoms with E-state index in [4.69, 9.17) is 0 Å². The van der Waals surface area contributed by atoms with Crippen LogP contribution in [0.25, 0.3) is 0 Å². The highest BCUT2D eigenvalue weighted by Gasteiger charge is 2.39. The number of carbonyl (C=O) groups excluding carboxylic acids is 1. The largest absolute Gasteiger partial charge is 0.481 e. The van der Waals surface area contributed by atoms with Crippen molar-refractivity contribution in [1.82, 2.24) is 4.98 Å². The normalized spacial score (nSPS) is 11.6. The topological polar surface area (TPSA) is 48.4 Å². The fourth-order valence-corrected chi connectivity index (χ4v) is 1.66. The lowest BCUT2D eigenvalue weighted by atomic mass is 10.0. The minimum atomic E-state index is -4.90. The third-order valence-electron chi connectivity index (χ3n) is 2.43. The summed E-state index contributed by atoms with van der Waals surface area (Å²) in [4.78, 5) is 14.5. The summed E-state index contributed by atoms with van der Waals surface area (Å²) in [6.45, 7) is 1.43. The maximum atomic E-state index is 13.0. The molecule has 0 saturated carbocycles. The molecule has 4 nitrogen and oxygen atoms in total. The van der Waals surface area contributed by atoms with Crippen molar-refractivity contribution >= 4 is 5.97 Å². The predicted octanol–water partition coefficient (Wildman–Crippen LogP) is 3.15. The van der Waals surface area contributed by atoms with Gasteiger partial charge in [0, 0.05) is 0 Å². The van der Waals surface area contributed by atoms with E-state index < -0.39 is 47.7 Å². The van der Waals surface area contributed by atoms with Crippen LogP contribution >= 0.6 is 0 Å². The van der Waals surface area contributed by atoms with Crippen molar-refractivity contribution < 1.29 is 36.2 Å². The smallest absolute Gasteiger partial charge is 0.421 e. The van der Waals surface area contributed by atoms with Gasteiger partial charge in [-0.3, -0.25) is 4.79 Å². The molecule has 0 atom stereocenters. The number of alkyl halides is 5. The monoisotopic (exact) mass is 313 g/mol. The molecule has 0 bridgehead atoms. The van der Waals surface area contributed by atoms with Gasteiger partial charge in [0.05, 0.1) is 20.1 Å². The molecule has 0 aliphatic heterocycles. The molecule has 0 unspecified atom stereocenters.